The Bertz CT molecular complexity index is 2930. The molecule has 70 heavy (non-hydrogen) atoms. The number of carbonyl (C=O) groups excluding carboxylic acids is 3. The summed E-state index contributed by atoms with van der Waals surface area (Å²) >= 11 is 0. The Balaban J connectivity index is 0.000000160. The molecule has 3 atom stereocenters. The highest BCUT2D eigenvalue weighted by atomic mass is 16.5. The van der Waals surface area contributed by atoms with Crippen LogP contribution < -0.4 is 19.7 Å². The number of carboxylic acids is 4. The number of fused-ring (bicyclic) bond motifs is 3. The number of ether oxygens (including phenoxy) is 2. The molecule has 358 valence electrons. The lowest BCUT2D eigenvalue weighted by molar-refractivity contribution is -0.149. The molecule has 15 nitrogen and oxygen atoms in total. The molecular formula is C55H50N2O13. The third-order valence-electron chi connectivity index (χ3n) is 11.9. The predicted octanol–water partition coefficient (Wildman–Crippen LogP) is 9.63. The molecule has 15 heteroatoms. The number of anilines is 1. The fraction of sp³-hybridized carbons (Fsp3) is 0.182. The standard InChI is InChI=1S/C21H17NO3.C15H9NO4.C10H12O4.C9H12O2/c23-20(22-14-15-8-2-1-3-9-15)18-12-6-4-10-16(18)17-11-5-7-13-19(17)21(24)25;17-13-11-6-1-2-7-12(11)14(18)16(13)10-5-3-4-9(8-10)15(19)20;1-3-14-9-6-7(10(11)12)4-5-8(9)13-2;1-9(8(10)11)5-6-2-3-7(9)4-6/h1-13H,14H2,(H,22,23)(H,24,25);1-8H,(H,19,20);4-6H,3H2,1-2H3,(H,11,12);2-3,6-7H,4-5H2,1H3,(H,10,11). The third-order valence-corrected chi connectivity index (χ3v) is 11.9. The van der Waals surface area contributed by atoms with Crippen molar-refractivity contribution in [3.05, 3.63) is 197 Å². The van der Waals surface area contributed by atoms with Crippen molar-refractivity contribution in [3.63, 3.8) is 0 Å². The Kier molecular flexibility index (Phi) is 16.4. The van der Waals surface area contributed by atoms with Gasteiger partial charge in [-0.15, -0.1) is 0 Å². The lowest BCUT2D eigenvalue weighted by Gasteiger charge is -2.25. The Hall–Kier alpha value is -8.85. The molecule has 0 radical (unpaired) electrons. The van der Waals surface area contributed by atoms with Gasteiger partial charge in [0.05, 0.1) is 52.6 Å². The maximum absolute atomic E-state index is 12.6. The van der Waals surface area contributed by atoms with E-state index in [9.17, 15) is 38.7 Å². The molecule has 0 aromatic heterocycles. The predicted molar refractivity (Wildman–Crippen MR) is 260 cm³/mol. The molecule has 3 amide bonds. The Morgan fingerprint density at radius 1 is 0.629 bits per heavy atom. The molecule has 1 fully saturated rings. The van der Waals surface area contributed by atoms with Crippen molar-refractivity contribution in [2.45, 2.75) is 33.2 Å². The highest BCUT2D eigenvalue weighted by molar-refractivity contribution is 6.34. The van der Waals surface area contributed by atoms with Gasteiger partial charge in [0.2, 0.25) is 0 Å². The van der Waals surface area contributed by atoms with Gasteiger partial charge in [-0.25, -0.2) is 19.3 Å². The van der Waals surface area contributed by atoms with Crippen LogP contribution in [0.25, 0.3) is 11.1 Å². The summed E-state index contributed by atoms with van der Waals surface area (Å²) < 4.78 is 10.2. The van der Waals surface area contributed by atoms with Crippen LogP contribution >= 0.6 is 0 Å². The summed E-state index contributed by atoms with van der Waals surface area (Å²) in [5.41, 5.74) is 3.43. The summed E-state index contributed by atoms with van der Waals surface area (Å²) in [5, 5.41) is 39.0. The minimum Gasteiger partial charge on any atom is -0.493 e. The van der Waals surface area contributed by atoms with E-state index in [1.54, 1.807) is 72.8 Å². The molecule has 1 heterocycles. The summed E-state index contributed by atoms with van der Waals surface area (Å²) in [6, 6.07) is 40.1. The van der Waals surface area contributed by atoms with Gasteiger partial charge in [0.15, 0.2) is 11.5 Å². The Morgan fingerprint density at radius 3 is 1.70 bits per heavy atom. The molecule has 6 aromatic carbocycles. The number of amides is 3. The smallest absolute Gasteiger partial charge is 0.336 e. The molecule has 6 aromatic rings. The molecular weight excluding hydrogens is 897 g/mol. The molecule has 0 saturated heterocycles. The first-order chi connectivity index (χ1) is 33.6. The van der Waals surface area contributed by atoms with Crippen LogP contribution in [0.4, 0.5) is 5.69 Å². The minimum atomic E-state index is -1.11. The minimum absolute atomic E-state index is 0.0269. The highest BCUT2D eigenvalue weighted by Gasteiger charge is 2.50. The maximum Gasteiger partial charge on any atom is 0.336 e. The van der Waals surface area contributed by atoms with Crippen LogP contribution in [-0.2, 0) is 11.3 Å². The number of benzene rings is 6. The van der Waals surface area contributed by atoms with Crippen LogP contribution in [-0.4, -0.2) is 75.7 Å². The molecule has 5 N–H and O–H groups in total. The van der Waals surface area contributed by atoms with Crippen molar-refractivity contribution in [1.29, 1.82) is 0 Å². The number of hydrogen-bond acceptors (Lipinski definition) is 9. The van der Waals surface area contributed by atoms with E-state index in [1.165, 1.54) is 49.6 Å². The number of carbonyl (C=O) groups is 7. The lowest BCUT2D eigenvalue weighted by atomic mass is 9.78. The first kappa shape index (κ1) is 50.6. The number of rotatable bonds is 12. The van der Waals surface area contributed by atoms with E-state index in [-0.39, 0.29) is 28.3 Å². The normalized spacial score (nSPS) is 16.8. The van der Waals surface area contributed by atoms with Crippen molar-refractivity contribution >= 4 is 47.3 Å². The van der Waals surface area contributed by atoms with Gasteiger partial charge in [0.25, 0.3) is 17.7 Å². The van der Waals surface area contributed by atoms with E-state index in [2.05, 4.69) is 17.5 Å². The summed E-state index contributed by atoms with van der Waals surface area (Å²) in [4.78, 5) is 82.1. The second-order valence-corrected chi connectivity index (χ2v) is 16.4. The number of nitrogens with one attached hydrogen (secondary N) is 1. The molecule has 3 aliphatic rings. The molecule has 3 unspecified atom stereocenters. The molecule has 9 rings (SSSR count). The van der Waals surface area contributed by atoms with Gasteiger partial charge in [-0.05, 0) is 116 Å². The van der Waals surface area contributed by atoms with E-state index in [0.29, 0.717) is 64.3 Å². The number of imide groups is 1. The summed E-state index contributed by atoms with van der Waals surface area (Å²) in [5.74, 6) is -3.01. The van der Waals surface area contributed by atoms with E-state index in [0.717, 1.165) is 23.3 Å². The van der Waals surface area contributed by atoms with Crippen molar-refractivity contribution in [1.82, 2.24) is 5.32 Å². The number of carboxylic acid groups (broad SMARTS) is 4. The van der Waals surface area contributed by atoms with Crippen molar-refractivity contribution < 1.29 is 63.5 Å². The van der Waals surface area contributed by atoms with E-state index < -0.39 is 41.1 Å². The van der Waals surface area contributed by atoms with Crippen LogP contribution in [0.15, 0.2) is 158 Å². The molecule has 2 aliphatic carbocycles. The van der Waals surface area contributed by atoms with Gasteiger partial charge >= 0.3 is 23.9 Å². The number of nitrogens with zero attached hydrogens (tertiary/aromatic N) is 1. The van der Waals surface area contributed by atoms with Gasteiger partial charge in [0, 0.05) is 12.1 Å². The summed E-state index contributed by atoms with van der Waals surface area (Å²) in [6.07, 6.45) is 6.13. The fourth-order valence-corrected chi connectivity index (χ4v) is 8.31. The monoisotopic (exact) mass is 946 g/mol. The van der Waals surface area contributed by atoms with Crippen molar-refractivity contribution in [2.24, 2.45) is 17.3 Å². The highest BCUT2D eigenvalue weighted by Crippen LogP contribution is 2.51. The SMILES string of the molecule is CC1(C(=O)O)CC2C=CC1C2.CCOc1cc(C(=O)O)ccc1OC.O=C(O)c1cccc(N2C(=O)c3ccccc3C2=O)c1.O=C(O)c1ccccc1-c1ccccc1C(=O)NCc1ccccc1. The number of hydrogen-bond donors (Lipinski definition) is 5. The largest absolute Gasteiger partial charge is 0.493 e. The third kappa shape index (κ3) is 11.6. The Labute approximate surface area is 403 Å². The zero-order valence-corrected chi connectivity index (χ0v) is 38.4. The van der Waals surface area contributed by atoms with Gasteiger partial charge < -0.3 is 35.2 Å². The summed E-state index contributed by atoms with van der Waals surface area (Å²) in [6.45, 7) is 4.57. The Morgan fingerprint density at radius 2 is 1.19 bits per heavy atom. The van der Waals surface area contributed by atoms with E-state index in [4.69, 9.17) is 24.8 Å². The fourth-order valence-electron chi connectivity index (χ4n) is 8.31. The average Bonchev–Trinajstić information content (AvgIpc) is 4.05. The number of allylic oxidation sites excluding steroid dienone is 2. The number of aromatic carboxylic acids is 3. The zero-order valence-electron chi connectivity index (χ0n) is 38.4. The maximum atomic E-state index is 12.6. The van der Waals surface area contributed by atoms with Gasteiger partial charge in [-0.1, -0.05) is 97.1 Å². The van der Waals surface area contributed by atoms with Crippen LogP contribution in [0.5, 0.6) is 11.5 Å². The zero-order chi connectivity index (χ0) is 50.5. The molecule has 2 bridgehead atoms. The molecule has 1 aliphatic heterocycles. The van der Waals surface area contributed by atoms with Crippen molar-refractivity contribution in [2.75, 3.05) is 18.6 Å². The summed E-state index contributed by atoms with van der Waals surface area (Å²) in [7, 11) is 1.51. The molecule has 0 spiro atoms. The first-order valence-electron chi connectivity index (χ1n) is 22.1. The second kappa shape index (κ2) is 22.8. The van der Waals surface area contributed by atoms with Crippen LogP contribution in [0.1, 0.15) is 94.4 Å². The first-order valence-corrected chi connectivity index (χ1v) is 22.1. The van der Waals surface area contributed by atoms with Gasteiger partial charge in [-0.3, -0.25) is 19.2 Å². The van der Waals surface area contributed by atoms with Crippen LogP contribution in [0.3, 0.4) is 0 Å². The van der Waals surface area contributed by atoms with Gasteiger partial charge in [-0.2, -0.15) is 0 Å². The van der Waals surface area contributed by atoms with Crippen molar-refractivity contribution in [3.8, 4) is 22.6 Å². The van der Waals surface area contributed by atoms with E-state index in [1.807, 2.05) is 44.2 Å². The molecule has 1 saturated carbocycles. The second-order valence-electron chi connectivity index (χ2n) is 16.4. The average molecular weight is 947 g/mol. The number of methoxy groups -OCH3 is 1. The lowest BCUT2D eigenvalue weighted by Crippen LogP contribution is -2.31. The van der Waals surface area contributed by atoms with Crippen LogP contribution in [0, 0.1) is 17.3 Å². The van der Waals surface area contributed by atoms with E-state index >= 15 is 0 Å². The topological polar surface area (TPSA) is 234 Å². The number of aliphatic carboxylic acids is 1. The van der Waals surface area contributed by atoms with Gasteiger partial charge in [0.1, 0.15) is 0 Å². The van der Waals surface area contributed by atoms with Crippen LogP contribution in [0.2, 0.25) is 0 Å². The quantitative estimate of drug-likeness (QED) is 0.0569.